The van der Waals surface area contributed by atoms with Crippen LogP contribution < -0.4 is 0 Å². The number of pyridine rings is 1. The van der Waals surface area contributed by atoms with E-state index in [-0.39, 0.29) is 5.69 Å². The molecule has 0 bridgehead atoms. The number of rotatable bonds is 1. The largest absolute Gasteiger partial charge is 0.296 e. The highest BCUT2D eigenvalue weighted by Gasteiger charge is 2.00. The van der Waals surface area contributed by atoms with Crippen LogP contribution in [0.5, 0.6) is 0 Å². The Labute approximate surface area is 78.9 Å². The molecule has 0 spiro atoms. The number of nitrogens with zero attached hydrogens (tertiary/aromatic N) is 1. The van der Waals surface area contributed by atoms with Gasteiger partial charge in [0.2, 0.25) is 0 Å². The molecular weight excluding hydrogens is 225 g/mol. The van der Waals surface area contributed by atoms with Gasteiger partial charge in [0.05, 0.1) is 0 Å². The van der Waals surface area contributed by atoms with Crippen molar-refractivity contribution in [3.05, 3.63) is 28.2 Å². The highest BCUT2D eigenvalue weighted by Crippen LogP contribution is 2.08. The van der Waals surface area contributed by atoms with Crippen LogP contribution in [0.25, 0.3) is 0 Å². The van der Waals surface area contributed by atoms with Gasteiger partial charge in [0.1, 0.15) is 10.3 Å². The van der Waals surface area contributed by atoms with Gasteiger partial charge in [0.15, 0.2) is 12.1 Å². The van der Waals surface area contributed by atoms with E-state index in [0.717, 1.165) is 0 Å². The Bertz CT molecular complexity index is 265. The van der Waals surface area contributed by atoms with Crippen LogP contribution >= 0.6 is 15.9 Å². The highest BCUT2D eigenvalue weighted by molar-refractivity contribution is 9.10. The molecule has 1 heterocycles. The van der Waals surface area contributed by atoms with Gasteiger partial charge in [0.25, 0.3) is 0 Å². The van der Waals surface area contributed by atoms with Crippen molar-refractivity contribution >= 4 is 22.2 Å². The molecular formula is C8H9BrFNO. The molecule has 1 rings (SSSR count). The lowest BCUT2D eigenvalue weighted by atomic mass is 10.4. The normalized spacial score (nSPS) is 8.33. The van der Waals surface area contributed by atoms with E-state index in [4.69, 9.17) is 0 Å². The van der Waals surface area contributed by atoms with Gasteiger partial charge in [-0.15, -0.1) is 0 Å². The summed E-state index contributed by atoms with van der Waals surface area (Å²) >= 11 is 3.00. The molecule has 0 fully saturated rings. The van der Waals surface area contributed by atoms with E-state index in [1.165, 1.54) is 12.1 Å². The molecule has 0 atom stereocenters. The second-order valence-electron chi connectivity index (χ2n) is 1.62. The Kier molecular flexibility index (Phi) is 5.45. The van der Waals surface area contributed by atoms with Crippen molar-refractivity contribution in [2.75, 3.05) is 0 Å². The molecule has 4 heteroatoms. The van der Waals surface area contributed by atoms with E-state index in [1.807, 2.05) is 13.8 Å². The van der Waals surface area contributed by atoms with Crippen LogP contribution in [0.2, 0.25) is 0 Å². The lowest BCUT2D eigenvalue weighted by molar-refractivity contribution is 0.111. The maximum atomic E-state index is 12.5. The van der Waals surface area contributed by atoms with Gasteiger partial charge in [-0.1, -0.05) is 13.8 Å². The predicted molar refractivity (Wildman–Crippen MR) is 48.6 cm³/mol. The van der Waals surface area contributed by atoms with E-state index >= 15 is 0 Å². The van der Waals surface area contributed by atoms with Crippen LogP contribution in [0.1, 0.15) is 24.3 Å². The zero-order chi connectivity index (χ0) is 9.56. The zero-order valence-corrected chi connectivity index (χ0v) is 8.43. The second-order valence-corrected chi connectivity index (χ2v) is 2.43. The fourth-order valence-corrected chi connectivity index (χ4v) is 0.839. The monoisotopic (exact) mass is 233 g/mol. The number of aldehydes is 1. The maximum Gasteiger partial charge on any atom is 0.171 e. The molecule has 0 aliphatic carbocycles. The van der Waals surface area contributed by atoms with Crippen molar-refractivity contribution in [3.8, 4) is 0 Å². The Hall–Kier alpha value is -0.770. The lowest BCUT2D eigenvalue weighted by Crippen LogP contribution is -1.91. The molecule has 0 amide bonds. The van der Waals surface area contributed by atoms with Gasteiger partial charge in [-0.05, 0) is 28.1 Å². The minimum absolute atomic E-state index is 0.172. The number of halogens is 2. The van der Waals surface area contributed by atoms with Gasteiger partial charge >= 0.3 is 0 Å². The molecule has 1 aromatic rings. The third-order valence-corrected chi connectivity index (χ3v) is 1.39. The smallest absolute Gasteiger partial charge is 0.171 e. The Morgan fingerprint density at radius 1 is 1.50 bits per heavy atom. The maximum absolute atomic E-state index is 12.5. The fraction of sp³-hybridized carbons (Fsp3) is 0.250. The first-order chi connectivity index (χ1) is 5.74. The molecule has 12 heavy (non-hydrogen) atoms. The van der Waals surface area contributed by atoms with Crippen molar-refractivity contribution < 1.29 is 9.18 Å². The van der Waals surface area contributed by atoms with Gasteiger partial charge in [-0.2, -0.15) is 0 Å². The summed E-state index contributed by atoms with van der Waals surface area (Å²) in [5, 5.41) is 0. The molecule has 66 valence electrons. The van der Waals surface area contributed by atoms with E-state index in [1.54, 1.807) is 0 Å². The lowest BCUT2D eigenvalue weighted by Gasteiger charge is -1.92. The van der Waals surface area contributed by atoms with Crippen LogP contribution in [0, 0.1) is 5.82 Å². The predicted octanol–water partition coefficient (Wildman–Crippen LogP) is 2.82. The summed E-state index contributed by atoms with van der Waals surface area (Å²) in [7, 11) is 0. The van der Waals surface area contributed by atoms with Crippen LogP contribution in [0.3, 0.4) is 0 Å². The number of carbonyl (C=O) groups excluding carboxylic acids is 1. The Morgan fingerprint density at radius 3 is 2.50 bits per heavy atom. The molecule has 0 aromatic carbocycles. The molecule has 0 radical (unpaired) electrons. The van der Waals surface area contributed by atoms with Crippen LogP contribution in [-0.4, -0.2) is 11.3 Å². The summed E-state index contributed by atoms with van der Waals surface area (Å²) in [6, 6.07) is 2.61. The van der Waals surface area contributed by atoms with Crippen LogP contribution in [0.4, 0.5) is 4.39 Å². The van der Waals surface area contributed by atoms with E-state index < -0.39 is 5.82 Å². The summed E-state index contributed by atoms with van der Waals surface area (Å²) in [6.45, 7) is 4.00. The molecule has 0 aliphatic heterocycles. The summed E-state index contributed by atoms with van der Waals surface area (Å²) in [6.07, 6.45) is 0.375. The highest BCUT2D eigenvalue weighted by atomic mass is 79.9. The number of hydrogen-bond acceptors (Lipinski definition) is 2. The van der Waals surface area contributed by atoms with E-state index in [2.05, 4.69) is 20.9 Å². The first-order valence-electron chi connectivity index (χ1n) is 3.51. The van der Waals surface area contributed by atoms with Crippen LogP contribution in [-0.2, 0) is 0 Å². The van der Waals surface area contributed by atoms with Crippen molar-refractivity contribution in [3.63, 3.8) is 0 Å². The van der Waals surface area contributed by atoms with Gasteiger partial charge in [-0.3, -0.25) is 4.79 Å². The minimum Gasteiger partial charge on any atom is -0.296 e. The first-order valence-corrected chi connectivity index (χ1v) is 4.30. The Balaban J connectivity index is 0.000000561. The average molecular weight is 234 g/mol. The summed E-state index contributed by atoms with van der Waals surface area (Å²) in [4.78, 5) is 13.6. The fourth-order valence-electron chi connectivity index (χ4n) is 0.516. The molecule has 0 aliphatic rings. The molecule has 0 saturated heterocycles. The molecule has 1 aromatic heterocycles. The first kappa shape index (κ1) is 11.2. The molecule has 0 N–H and O–H groups in total. The number of aromatic nitrogens is 1. The van der Waals surface area contributed by atoms with Gasteiger partial charge in [0, 0.05) is 0 Å². The van der Waals surface area contributed by atoms with Gasteiger partial charge in [-0.25, -0.2) is 9.37 Å². The minimum atomic E-state index is -0.599. The number of carbonyl (C=O) groups is 1. The summed E-state index contributed by atoms with van der Waals surface area (Å²) in [5.74, 6) is -0.599. The molecule has 0 unspecified atom stereocenters. The van der Waals surface area contributed by atoms with Crippen molar-refractivity contribution in [2.45, 2.75) is 13.8 Å². The summed E-state index contributed by atoms with van der Waals surface area (Å²) < 4.78 is 12.9. The topological polar surface area (TPSA) is 30.0 Å². The quantitative estimate of drug-likeness (QED) is 0.552. The standard InChI is InChI=1S/C6H3BrFNO.C2H6/c7-6-2-1-4(8)5(3-10)9-6;1-2/h1-3H;1-2H3. The molecule has 0 saturated carbocycles. The SMILES string of the molecule is CC.O=Cc1nc(Br)ccc1F. The van der Waals surface area contributed by atoms with E-state index in [0.29, 0.717) is 10.9 Å². The van der Waals surface area contributed by atoms with E-state index in [9.17, 15) is 9.18 Å². The van der Waals surface area contributed by atoms with Gasteiger partial charge < -0.3 is 0 Å². The van der Waals surface area contributed by atoms with Crippen molar-refractivity contribution in [2.24, 2.45) is 0 Å². The third-order valence-electron chi connectivity index (χ3n) is 0.951. The van der Waals surface area contributed by atoms with Crippen molar-refractivity contribution in [1.82, 2.24) is 4.98 Å². The second kappa shape index (κ2) is 5.83. The van der Waals surface area contributed by atoms with Crippen LogP contribution in [0.15, 0.2) is 16.7 Å². The zero-order valence-electron chi connectivity index (χ0n) is 6.84. The molecule has 2 nitrogen and oxygen atoms in total. The third kappa shape index (κ3) is 3.09. The van der Waals surface area contributed by atoms with Crippen molar-refractivity contribution in [1.29, 1.82) is 0 Å². The Morgan fingerprint density at radius 2 is 2.08 bits per heavy atom. The average Bonchev–Trinajstić information content (AvgIpc) is 2.13. The number of hydrogen-bond donors (Lipinski definition) is 0. The summed E-state index contributed by atoms with van der Waals surface area (Å²) in [5.41, 5.74) is -0.172.